The second kappa shape index (κ2) is 23.2. The predicted molar refractivity (Wildman–Crippen MR) is 277 cm³/mol. The van der Waals surface area contributed by atoms with Gasteiger partial charge in [0.2, 0.25) is 23.6 Å². The molecule has 2 unspecified atom stereocenters. The summed E-state index contributed by atoms with van der Waals surface area (Å²) in [5.41, 5.74) is -3.76. The zero-order chi connectivity index (χ0) is 57.1. The zero-order valence-electron chi connectivity index (χ0n) is 42.8. The number of nitrogens with zero attached hydrogens (tertiary/aromatic N) is 6. The van der Waals surface area contributed by atoms with E-state index in [0.717, 1.165) is 38.9 Å². The first-order chi connectivity index (χ1) is 36.6. The van der Waals surface area contributed by atoms with Crippen molar-refractivity contribution in [3.05, 3.63) is 118 Å². The molecule has 2 fully saturated rings. The van der Waals surface area contributed by atoms with Crippen molar-refractivity contribution < 1.29 is 64.2 Å². The van der Waals surface area contributed by atoms with Crippen LogP contribution in [-0.4, -0.2) is 93.4 Å². The quantitative estimate of drug-likeness (QED) is 0.0454. The first-order valence-corrected chi connectivity index (χ1v) is 25.5. The Balaban J connectivity index is 0.885. The number of hydrogen-bond donors (Lipinski definition) is 3. The number of thiocarbonyl (C=S) groups is 1. The number of hydrogen-bond acceptors (Lipinski definition) is 12. The number of benzene rings is 3. The van der Waals surface area contributed by atoms with Gasteiger partial charge in [0, 0.05) is 31.8 Å². The molecule has 2 aliphatic rings. The van der Waals surface area contributed by atoms with Gasteiger partial charge < -0.3 is 35.2 Å². The third-order valence-corrected chi connectivity index (χ3v) is 14.2. The highest BCUT2D eigenvalue weighted by Crippen LogP contribution is 2.45. The molecular weight excluding hydrogens is 1070 g/mol. The van der Waals surface area contributed by atoms with E-state index in [1.54, 1.807) is 37.6 Å². The Hall–Kier alpha value is -7.56. The molecule has 5 aromatic rings. The smallest absolute Gasteiger partial charge is 0.421 e. The zero-order valence-corrected chi connectivity index (χ0v) is 44.5. The molecule has 0 radical (unpaired) electrons. The Morgan fingerprint density at radius 1 is 0.962 bits per heavy atom. The number of aromatic nitrogens is 2. The average molecular weight is 1120 g/mol. The van der Waals surface area contributed by atoms with Crippen LogP contribution in [0, 0.1) is 29.5 Å². The number of anilines is 2. The van der Waals surface area contributed by atoms with E-state index in [-0.39, 0.29) is 49.2 Å². The van der Waals surface area contributed by atoms with Crippen LogP contribution in [-0.2, 0) is 42.8 Å². The number of thiazole rings is 1. The van der Waals surface area contributed by atoms with Crippen LogP contribution in [0.3, 0.4) is 0 Å². The number of rotatable bonds is 17. The minimum absolute atomic E-state index is 0.0397. The molecule has 25 heteroatoms. The lowest BCUT2D eigenvalue weighted by atomic mass is 9.85. The van der Waals surface area contributed by atoms with Crippen LogP contribution < -0.4 is 30.5 Å². The van der Waals surface area contributed by atoms with Crippen LogP contribution in [0.15, 0.2) is 78.4 Å². The molecule has 2 aliphatic heterocycles. The number of pyridine rings is 1. The largest absolute Gasteiger partial charge is 0.438 e. The summed E-state index contributed by atoms with van der Waals surface area (Å²) in [4.78, 5) is 79.0. The van der Waals surface area contributed by atoms with Gasteiger partial charge >= 0.3 is 12.4 Å². The standard InChI is InChI=1S/C53H52F7N9O7S2/c1-29-42(78-28-65-29)31-12-10-30(11-13-31)25-63-45(72)38-9-7-21-67(38)47(73)43(50(2,3)4)66-39(70)27-75-22-8-20-62-44(71)32-14-17-35(18-15-32)76-46-36(52(55,56)57)23-34(26-64-46)69-49(77)68(48(74)51(69,5)6)37-19-16-33(24-61)40(41(37)54)53(58,59)60/h10-19,23,26,28,38,43H,7-9,20-22,25,27H2,1-6H3,(H,62,71)(H,63,72)(H,66,70). The number of halogens is 7. The van der Waals surface area contributed by atoms with E-state index >= 15 is 4.39 Å². The van der Waals surface area contributed by atoms with Crippen molar-refractivity contribution in [2.24, 2.45) is 5.41 Å². The van der Waals surface area contributed by atoms with E-state index < -0.39 is 105 Å². The molecule has 0 spiro atoms. The normalized spacial score (nSPS) is 16.0. The van der Waals surface area contributed by atoms with Crippen LogP contribution in [0.2, 0.25) is 0 Å². The summed E-state index contributed by atoms with van der Waals surface area (Å²) in [7, 11) is 0. The molecule has 2 saturated heterocycles. The summed E-state index contributed by atoms with van der Waals surface area (Å²) in [5, 5.41) is 16.9. The van der Waals surface area contributed by atoms with Gasteiger partial charge in [0.15, 0.2) is 10.9 Å². The Labute approximate surface area is 452 Å². The molecule has 4 heterocycles. The summed E-state index contributed by atoms with van der Waals surface area (Å²) in [6, 6.07) is 14.3. The minimum Gasteiger partial charge on any atom is -0.438 e. The molecule has 7 rings (SSSR count). The van der Waals surface area contributed by atoms with Crippen LogP contribution >= 0.6 is 23.6 Å². The van der Waals surface area contributed by atoms with Gasteiger partial charge in [-0.2, -0.15) is 31.6 Å². The highest BCUT2D eigenvalue weighted by atomic mass is 32.1. The highest BCUT2D eigenvalue weighted by Gasteiger charge is 2.53. The maximum Gasteiger partial charge on any atom is 0.421 e. The molecule has 0 saturated carbocycles. The number of alkyl halides is 6. The molecule has 0 aliphatic carbocycles. The van der Waals surface area contributed by atoms with Gasteiger partial charge in [-0.1, -0.05) is 45.0 Å². The summed E-state index contributed by atoms with van der Waals surface area (Å²) >= 11 is 6.90. The fourth-order valence-corrected chi connectivity index (χ4v) is 10.1. The van der Waals surface area contributed by atoms with Gasteiger partial charge in [0.25, 0.3) is 11.8 Å². The summed E-state index contributed by atoms with van der Waals surface area (Å²) in [6.07, 6.45) is -8.27. The van der Waals surface area contributed by atoms with Gasteiger partial charge in [0.1, 0.15) is 41.1 Å². The summed E-state index contributed by atoms with van der Waals surface area (Å²) in [6.45, 7) is 10.1. The number of amides is 5. The second-order valence-electron chi connectivity index (χ2n) is 19.8. The Bertz CT molecular complexity index is 3160. The van der Waals surface area contributed by atoms with E-state index in [1.807, 2.05) is 31.2 Å². The Kier molecular flexibility index (Phi) is 17.3. The molecule has 3 N–H and O–H groups in total. The van der Waals surface area contributed by atoms with Gasteiger partial charge in [-0.05, 0) is 111 Å². The lowest BCUT2D eigenvalue weighted by molar-refractivity contribution is -0.144. The van der Waals surface area contributed by atoms with Gasteiger partial charge in [0.05, 0.1) is 45.3 Å². The van der Waals surface area contributed by atoms with Crippen molar-refractivity contribution in [2.75, 3.05) is 36.1 Å². The van der Waals surface area contributed by atoms with Gasteiger partial charge in [-0.15, -0.1) is 11.3 Å². The number of nitrogens with one attached hydrogen (secondary N) is 3. The minimum atomic E-state index is -5.35. The van der Waals surface area contributed by atoms with Crippen LogP contribution in [0.25, 0.3) is 10.4 Å². The fraction of sp³-hybridized carbons (Fsp3) is 0.377. The molecule has 5 amide bonds. The molecule has 2 atom stereocenters. The van der Waals surface area contributed by atoms with Crippen LogP contribution in [0.5, 0.6) is 11.6 Å². The first kappa shape index (κ1) is 58.1. The van der Waals surface area contributed by atoms with Gasteiger partial charge in [-0.3, -0.25) is 28.9 Å². The number of carbonyl (C=O) groups is 5. The van der Waals surface area contributed by atoms with Crippen molar-refractivity contribution >= 4 is 69.6 Å². The number of aryl methyl sites for hydroxylation is 1. The highest BCUT2D eigenvalue weighted by molar-refractivity contribution is 7.81. The molecular formula is C53H52F7N9O7S2. The molecule has 0 bridgehead atoms. The molecule has 3 aromatic carbocycles. The van der Waals surface area contributed by atoms with E-state index in [2.05, 4.69) is 25.9 Å². The third-order valence-electron chi connectivity index (χ3n) is 12.8. The average Bonchev–Trinajstić information content (AvgIpc) is 4.23. The van der Waals surface area contributed by atoms with Crippen LogP contribution in [0.4, 0.5) is 42.1 Å². The van der Waals surface area contributed by atoms with Gasteiger partial charge in [-0.25, -0.2) is 14.4 Å². The summed E-state index contributed by atoms with van der Waals surface area (Å²) < 4.78 is 112. The molecule has 412 valence electrons. The van der Waals surface area contributed by atoms with E-state index in [0.29, 0.717) is 36.4 Å². The van der Waals surface area contributed by atoms with E-state index in [1.165, 1.54) is 49.1 Å². The van der Waals surface area contributed by atoms with Crippen LogP contribution in [0.1, 0.15) is 92.2 Å². The SMILES string of the molecule is Cc1ncsc1-c1ccc(CNC(=O)C2CCCN2C(=O)C(NC(=O)COCCCNC(=O)c2ccc(Oc3ncc(N4C(=S)N(c5ccc(C#N)c(C(F)(F)F)c5F)C(=O)C4(C)C)cc3C(F)(F)F)cc2)C(C)(C)C)cc1. The molecule has 16 nitrogen and oxygen atoms in total. The van der Waals surface area contributed by atoms with Crippen molar-refractivity contribution in [2.45, 2.75) is 97.3 Å². The molecule has 2 aromatic heterocycles. The first-order valence-electron chi connectivity index (χ1n) is 24.2. The van der Waals surface area contributed by atoms with Crippen molar-refractivity contribution in [3.63, 3.8) is 0 Å². The Morgan fingerprint density at radius 2 is 1.65 bits per heavy atom. The third kappa shape index (κ3) is 12.7. The van der Waals surface area contributed by atoms with E-state index in [4.69, 9.17) is 21.7 Å². The fourth-order valence-electron chi connectivity index (χ4n) is 8.81. The maximum atomic E-state index is 15.5. The van der Waals surface area contributed by atoms with Crippen molar-refractivity contribution in [3.8, 4) is 28.1 Å². The number of nitriles is 1. The molecule has 78 heavy (non-hydrogen) atoms. The summed E-state index contributed by atoms with van der Waals surface area (Å²) in [5.74, 6) is -6.00. The lowest BCUT2D eigenvalue weighted by Gasteiger charge is -2.35. The maximum absolute atomic E-state index is 15.5. The monoisotopic (exact) mass is 1120 g/mol. The number of ether oxygens (including phenoxy) is 2. The Morgan fingerprint density at radius 3 is 2.27 bits per heavy atom. The second-order valence-corrected chi connectivity index (χ2v) is 21.0. The van der Waals surface area contributed by atoms with Crippen molar-refractivity contribution in [1.29, 1.82) is 5.26 Å². The number of likely N-dealkylation sites (tertiary alicyclic amines) is 1. The van der Waals surface area contributed by atoms with E-state index in [9.17, 15) is 55.6 Å². The lowest BCUT2D eigenvalue weighted by Crippen LogP contribution is -2.58. The number of carbonyl (C=O) groups excluding carboxylic acids is 5. The van der Waals surface area contributed by atoms with Crippen molar-refractivity contribution in [1.82, 2.24) is 30.8 Å². The topological polar surface area (TPSA) is 199 Å². The predicted octanol–water partition coefficient (Wildman–Crippen LogP) is 9.25.